The van der Waals surface area contributed by atoms with Crippen LogP contribution in [0.25, 0.3) is 0 Å². The second kappa shape index (κ2) is 12.2. The minimum Gasteiger partial charge on any atom is -0.356 e. The number of nitrogens with zero attached hydrogens (tertiary/aromatic N) is 2. The molecule has 0 aliphatic heterocycles. The van der Waals surface area contributed by atoms with E-state index in [1.165, 1.54) is 16.2 Å². The van der Waals surface area contributed by atoms with Gasteiger partial charge in [-0.25, -0.2) is 4.98 Å². The summed E-state index contributed by atoms with van der Waals surface area (Å²) in [5.74, 6) is -0.585. The second-order valence-corrected chi connectivity index (χ2v) is 8.68. The number of aromatic nitrogens is 1. The van der Waals surface area contributed by atoms with Gasteiger partial charge in [0.05, 0.1) is 12.1 Å². The molecule has 1 aromatic carbocycles. The average molecular weight is 445 g/mol. The maximum Gasteiger partial charge on any atom is 0.254 e. The van der Waals surface area contributed by atoms with Crippen LogP contribution >= 0.6 is 11.3 Å². The van der Waals surface area contributed by atoms with Crippen LogP contribution < -0.4 is 10.6 Å². The minimum absolute atomic E-state index is 0.0722. The lowest BCUT2D eigenvalue weighted by Gasteiger charge is -2.26. The fraction of sp³-hybridized carbons (Fsp3) is 0.478. The van der Waals surface area contributed by atoms with Crippen LogP contribution in [0.3, 0.4) is 0 Å². The molecule has 168 valence electrons. The van der Waals surface area contributed by atoms with Crippen molar-refractivity contribution in [1.82, 2.24) is 15.2 Å². The molecular weight excluding hydrogens is 412 g/mol. The van der Waals surface area contributed by atoms with E-state index < -0.39 is 0 Å². The zero-order valence-corrected chi connectivity index (χ0v) is 19.6. The van der Waals surface area contributed by atoms with Crippen molar-refractivity contribution >= 4 is 34.2 Å². The van der Waals surface area contributed by atoms with Crippen LogP contribution in [0.1, 0.15) is 61.6 Å². The van der Waals surface area contributed by atoms with E-state index >= 15 is 0 Å². The first kappa shape index (κ1) is 24.5. The Morgan fingerprint density at radius 3 is 2.45 bits per heavy atom. The summed E-state index contributed by atoms with van der Waals surface area (Å²) in [6.45, 7) is 8.42. The minimum atomic E-state index is -0.320. The summed E-state index contributed by atoms with van der Waals surface area (Å²) in [4.78, 5) is 43.2. The summed E-state index contributed by atoms with van der Waals surface area (Å²) >= 11 is 1.27. The quantitative estimate of drug-likeness (QED) is 0.516. The van der Waals surface area contributed by atoms with Crippen molar-refractivity contribution in [2.24, 2.45) is 0 Å². The highest BCUT2D eigenvalue weighted by Gasteiger charge is 2.22. The topological polar surface area (TPSA) is 91.4 Å². The Balaban J connectivity index is 1.89. The third-order valence-corrected chi connectivity index (χ3v) is 5.55. The summed E-state index contributed by atoms with van der Waals surface area (Å²) in [7, 11) is 0. The van der Waals surface area contributed by atoms with Crippen LogP contribution in [0.5, 0.6) is 0 Å². The van der Waals surface area contributed by atoms with Crippen molar-refractivity contribution in [2.45, 2.75) is 59.4 Å². The van der Waals surface area contributed by atoms with Crippen molar-refractivity contribution in [3.63, 3.8) is 0 Å². The molecule has 0 spiro atoms. The Bertz CT molecular complexity index is 877. The smallest absolute Gasteiger partial charge is 0.254 e. The van der Waals surface area contributed by atoms with Crippen LogP contribution in [0.4, 0.5) is 5.13 Å². The van der Waals surface area contributed by atoms with E-state index in [1.54, 1.807) is 17.5 Å². The number of amides is 3. The number of unbranched alkanes of at least 4 members (excludes halogenated alkanes) is 2. The maximum absolute atomic E-state index is 12.8. The second-order valence-electron chi connectivity index (χ2n) is 7.82. The van der Waals surface area contributed by atoms with Crippen molar-refractivity contribution < 1.29 is 14.4 Å². The van der Waals surface area contributed by atoms with Crippen molar-refractivity contribution in [2.75, 3.05) is 18.4 Å². The molecule has 0 aliphatic rings. The van der Waals surface area contributed by atoms with Gasteiger partial charge in [-0.3, -0.25) is 14.4 Å². The fourth-order valence-corrected chi connectivity index (χ4v) is 3.67. The summed E-state index contributed by atoms with van der Waals surface area (Å²) in [6.07, 6.45) is 3.35. The lowest BCUT2D eigenvalue weighted by molar-refractivity contribution is -0.120. The van der Waals surface area contributed by atoms with E-state index in [1.807, 2.05) is 32.9 Å². The molecule has 0 bridgehead atoms. The first-order valence-electron chi connectivity index (χ1n) is 10.7. The van der Waals surface area contributed by atoms with E-state index in [0.717, 1.165) is 24.8 Å². The molecule has 1 aromatic heterocycles. The predicted octanol–water partition coefficient (Wildman–Crippen LogP) is 3.79. The molecule has 0 saturated carbocycles. The number of benzene rings is 1. The third-order valence-electron chi connectivity index (χ3n) is 4.74. The van der Waals surface area contributed by atoms with E-state index in [-0.39, 0.29) is 36.7 Å². The normalized spacial score (nSPS) is 10.7. The number of anilines is 1. The van der Waals surface area contributed by atoms with E-state index in [2.05, 4.69) is 22.5 Å². The Hall–Kier alpha value is -2.74. The third kappa shape index (κ3) is 8.13. The number of hydrogen-bond donors (Lipinski definition) is 2. The Morgan fingerprint density at radius 1 is 1.10 bits per heavy atom. The maximum atomic E-state index is 12.8. The molecular formula is C23H32N4O3S. The first-order chi connectivity index (χ1) is 14.8. The average Bonchev–Trinajstić information content (AvgIpc) is 3.15. The molecule has 2 N–H and O–H groups in total. The van der Waals surface area contributed by atoms with Gasteiger partial charge in [0.1, 0.15) is 6.54 Å². The van der Waals surface area contributed by atoms with Gasteiger partial charge < -0.3 is 15.5 Å². The standard InChI is InChI=1S/C23H32N4O3S/c1-5-6-7-12-24-20(28)13-19-15-31-23(25-19)26-21(29)14-27(16(2)3)22(30)18-10-8-17(4)9-11-18/h8-11,15-16H,5-7,12-14H2,1-4H3,(H,24,28)(H,25,26,29). The number of carbonyl (C=O) groups excluding carboxylic acids is 3. The molecule has 0 saturated heterocycles. The van der Waals surface area contributed by atoms with Gasteiger partial charge in [0.2, 0.25) is 11.8 Å². The van der Waals surface area contributed by atoms with Crippen molar-refractivity contribution in [3.05, 3.63) is 46.5 Å². The van der Waals surface area contributed by atoms with Crippen LogP contribution in [0.2, 0.25) is 0 Å². The Labute approximate surface area is 188 Å². The largest absolute Gasteiger partial charge is 0.356 e. The SMILES string of the molecule is CCCCCNC(=O)Cc1csc(NC(=O)CN(C(=O)c2ccc(C)cc2)C(C)C)n1. The van der Waals surface area contributed by atoms with Gasteiger partial charge in [-0.2, -0.15) is 0 Å². The zero-order chi connectivity index (χ0) is 22.8. The van der Waals surface area contributed by atoms with E-state index in [9.17, 15) is 14.4 Å². The van der Waals surface area contributed by atoms with Gasteiger partial charge in [-0.15, -0.1) is 11.3 Å². The van der Waals surface area contributed by atoms with E-state index in [4.69, 9.17) is 0 Å². The number of aryl methyl sites for hydroxylation is 1. The van der Waals surface area contributed by atoms with Crippen molar-refractivity contribution in [3.8, 4) is 0 Å². The molecule has 2 rings (SSSR count). The van der Waals surface area contributed by atoms with Gasteiger partial charge in [0, 0.05) is 23.5 Å². The van der Waals surface area contributed by atoms with Crippen LogP contribution in [-0.2, 0) is 16.0 Å². The molecule has 3 amide bonds. The zero-order valence-electron chi connectivity index (χ0n) is 18.7. The van der Waals surface area contributed by atoms with Gasteiger partial charge in [-0.1, -0.05) is 37.5 Å². The van der Waals surface area contributed by atoms with Gasteiger partial charge in [-0.05, 0) is 39.3 Å². The molecule has 0 unspecified atom stereocenters. The summed E-state index contributed by atoms with van der Waals surface area (Å²) in [5, 5.41) is 7.80. The van der Waals surface area contributed by atoms with Gasteiger partial charge in [0.15, 0.2) is 5.13 Å². The highest BCUT2D eigenvalue weighted by Crippen LogP contribution is 2.16. The number of carbonyl (C=O) groups is 3. The Kier molecular flexibility index (Phi) is 9.65. The number of thiazole rings is 1. The summed E-state index contributed by atoms with van der Waals surface area (Å²) < 4.78 is 0. The predicted molar refractivity (Wildman–Crippen MR) is 124 cm³/mol. The molecule has 2 aromatic rings. The molecule has 0 aliphatic carbocycles. The van der Waals surface area contributed by atoms with Crippen molar-refractivity contribution in [1.29, 1.82) is 0 Å². The molecule has 0 atom stereocenters. The van der Waals surface area contributed by atoms with Crippen LogP contribution in [0.15, 0.2) is 29.6 Å². The fourth-order valence-electron chi connectivity index (χ4n) is 2.94. The van der Waals surface area contributed by atoms with E-state index in [0.29, 0.717) is 22.9 Å². The molecule has 0 fully saturated rings. The molecule has 31 heavy (non-hydrogen) atoms. The molecule has 0 radical (unpaired) electrons. The number of hydrogen-bond acceptors (Lipinski definition) is 5. The number of rotatable bonds is 11. The monoisotopic (exact) mass is 444 g/mol. The lowest BCUT2D eigenvalue weighted by Crippen LogP contribution is -2.42. The van der Waals surface area contributed by atoms with Gasteiger partial charge >= 0.3 is 0 Å². The molecule has 1 heterocycles. The first-order valence-corrected chi connectivity index (χ1v) is 11.6. The summed E-state index contributed by atoms with van der Waals surface area (Å²) in [5.41, 5.74) is 2.23. The number of nitrogens with one attached hydrogen (secondary N) is 2. The van der Waals surface area contributed by atoms with Gasteiger partial charge in [0.25, 0.3) is 5.91 Å². The molecule has 7 nitrogen and oxygen atoms in total. The highest BCUT2D eigenvalue weighted by molar-refractivity contribution is 7.13. The Morgan fingerprint density at radius 2 is 1.81 bits per heavy atom. The summed E-state index contributed by atoms with van der Waals surface area (Å²) in [6, 6.07) is 7.16. The van der Waals surface area contributed by atoms with Crippen LogP contribution in [0, 0.1) is 6.92 Å². The highest BCUT2D eigenvalue weighted by atomic mass is 32.1. The molecule has 8 heteroatoms. The lowest BCUT2D eigenvalue weighted by atomic mass is 10.1. The van der Waals surface area contributed by atoms with Crippen LogP contribution in [-0.4, -0.2) is 46.7 Å².